The third-order valence-corrected chi connectivity index (χ3v) is 6.05. The van der Waals surface area contributed by atoms with Crippen molar-refractivity contribution >= 4 is 10.9 Å². The Morgan fingerprint density at radius 2 is 1.80 bits per heavy atom. The topological polar surface area (TPSA) is 50.9 Å². The van der Waals surface area contributed by atoms with Crippen molar-refractivity contribution in [1.29, 1.82) is 0 Å². The van der Waals surface area contributed by atoms with E-state index in [2.05, 4.69) is 86.2 Å². The van der Waals surface area contributed by atoms with Crippen LogP contribution in [0.3, 0.4) is 0 Å². The smallest absolute Gasteiger partial charge is 0.0702 e. The van der Waals surface area contributed by atoms with Crippen molar-refractivity contribution < 1.29 is 0 Å². The summed E-state index contributed by atoms with van der Waals surface area (Å²) >= 11 is 0. The number of para-hydroxylation sites is 1. The highest BCUT2D eigenvalue weighted by atomic mass is 15.0. The van der Waals surface area contributed by atoms with Gasteiger partial charge < -0.3 is 11.1 Å². The monoisotopic (exact) mass is 401 g/mol. The summed E-state index contributed by atoms with van der Waals surface area (Å²) in [4.78, 5) is 4.69. The van der Waals surface area contributed by atoms with Crippen LogP contribution >= 0.6 is 0 Å². The predicted molar refractivity (Wildman–Crippen MR) is 128 cm³/mol. The molecule has 0 fully saturated rings. The second kappa shape index (κ2) is 9.90. The summed E-state index contributed by atoms with van der Waals surface area (Å²) in [6.07, 6.45) is 6.10. The van der Waals surface area contributed by atoms with Gasteiger partial charge in [0, 0.05) is 23.3 Å². The molecule has 0 spiro atoms. The molecule has 0 aliphatic heterocycles. The molecule has 2 aromatic carbocycles. The fourth-order valence-corrected chi connectivity index (χ4v) is 4.14. The third kappa shape index (κ3) is 5.48. The minimum absolute atomic E-state index is 0.00441. The van der Waals surface area contributed by atoms with Crippen LogP contribution in [0.4, 0.5) is 0 Å². The molecule has 0 aliphatic rings. The van der Waals surface area contributed by atoms with Crippen LogP contribution in [-0.2, 0) is 6.42 Å². The van der Waals surface area contributed by atoms with Crippen LogP contribution < -0.4 is 11.1 Å². The van der Waals surface area contributed by atoms with Crippen LogP contribution in [0, 0.1) is 5.41 Å². The number of benzene rings is 2. The molecule has 0 bridgehead atoms. The Balaban J connectivity index is 1.83. The average Bonchev–Trinajstić information content (AvgIpc) is 2.76. The summed E-state index contributed by atoms with van der Waals surface area (Å²) in [7, 11) is 0. The number of hydrogen-bond donors (Lipinski definition) is 2. The molecule has 1 heterocycles. The van der Waals surface area contributed by atoms with Crippen molar-refractivity contribution in [2.45, 2.75) is 58.5 Å². The molecule has 2 unspecified atom stereocenters. The molecule has 3 heteroatoms. The number of nitrogens with one attached hydrogen (secondary N) is 1. The number of hydrogen-bond acceptors (Lipinski definition) is 3. The molecule has 3 rings (SSSR count). The van der Waals surface area contributed by atoms with Gasteiger partial charge in [0.2, 0.25) is 0 Å². The summed E-state index contributed by atoms with van der Waals surface area (Å²) in [6, 6.07) is 21.1. The van der Waals surface area contributed by atoms with E-state index in [-0.39, 0.29) is 17.5 Å². The summed E-state index contributed by atoms with van der Waals surface area (Å²) in [5.74, 6) is 0. The molecular weight excluding hydrogens is 366 g/mol. The van der Waals surface area contributed by atoms with Gasteiger partial charge in [-0.1, -0.05) is 82.3 Å². The van der Waals surface area contributed by atoms with Crippen molar-refractivity contribution in [1.82, 2.24) is 10.3 Å². The predicted octanol–water partition coefficient (Wildman–Crippen LogP) is 6.17. The Labute approximate surface area is 181 Å². The van der Waals surface area contributed by atoms with Gasteiger partial charge in [0.15, 0.2) is 0 Å². The maximum absolute atomic E-state index is 6.63. The Morgan fingerprint density at radius 3 is 2.53 bits per heavy atom. The van der Waals surface area contributed by atoms with Gasteiger partial charge in [-0.05, 0) is 47.9 Å². The first-order valence-corrected chi connectivity index (χ1v) is 11.0. The van der Waals surface area contributed by atoms with Crippen molar-refractivity contribution in [3.05, 3.63) is 90.3 Å². The van der Waals surface area contributed by atoms with E-state index in [0.717, 1.165) is 42.3 Å². The van der Waals surface area contributed by atoms with E-state index < -0.39 is 0 Å². The van der Waals surface area contributed by atoms with Gasteiger partial charge in [0.1, 0.15) is 0 Å². The zero-order valence-electron chi connectivity index (χ0n) is 18.6. The van der Waals surface area contributed by atoms with E-state index in [1.54, 1.807) is 0 Å². The van der Waals surface area contributed by atoms with Crippen LogP contribution in [0.1, 0.15) is 57.2 Å². The lowest BCUT2D eigenvalue weighted by molar-refractivity contribution is 0.274. The summed E-state index contributed by atoms with van der Waals surface area (Å²) in [6.45, 7) is 11.0. The highest BCUT2D eigenvalue weighted by molar-refractivity contribution is 5.78. The minimum Gasteiger partial charge on any atom is -0.381 e. The van der Waals surface area contributed by atoms with E-state index in [1.807, 2.05) is 18.3 Å². The van der Waals surface area contributed by atoms with Crippen molar-refractivity contribution in [3.8, 4) is 0 Å². The second-order valence-corrected chi connectivity index (χ2v) is 8.92. The van der Waals surface area contributed by atoms with Crippen LogP contribution in [0.15, 0.2) is 79.1 Å². The fraction of sp³-hybridized carbons (Fsp3) is 0.370. The molecule has 0 saturated heterocycles. The number of aryl methyl sites for hydroxylation is 1. The van der Waals surface area contributed by atoms with Crippen LogP contribution in [-0.4, -0.2) is 11.0 Å². The normalized spacial score (nSPS) is 13.7. The van der Waals surface area contributed by atoms with Gasteiger partial charge in [-0.15, -0.1) is 0 Å². The lowest BCUT2D eigenvalue weighted by Gasteiger charge is -2.35. The molecule has 30 heavy (non-hydrogen) atoms. The van der Waals surface area contributed by atoms with Gasteiger partial charge in [-0.25, -0.2) is 0 Å². The largest absolute Gasteiger partial charge is 0.381 e. The Bertz CT molecular complexity index is 962. The zero-order valence-corrected chi connectivity index (χ0v) is 18.6. The highest BCUT2D eigenvalue weighted by Gasteiger charge is 2.29. The Morgan fingerprint density at radius 1 is 1.10 bits per heavy atom. The first-order chi connectivity index (χ1) is 14.4. The summed E-state index contributed by atoms with van der Waals surface area (Å²) < 4.78 is 0. The molecule has 3 nitrogen and oxygen atoms in total. The van der Waals surface area contributed by atoms with E-state index in [1.165, 1.54) is 11.1 Å². The summed E-state index contributed by atoms with van der Waals surface area (Å²) in [5, 5.41) is 4.83. The molecule has 0 amide bonds. The first-order valence-electron chi connectivity index (χ1n) is 11.0. The zero-order chi connectivity index (χ0) is 21.6. The molecule has 0 saturated carbocycles. The van der Waals surface area contributed by atoms with Crippen molar-refractivity contribution in [2.24, 2.45) is 11.1 Å². The van der Waals surface area contributed by atoms with Crippen LogP contribution in [0.25, 0.3) is 10.9 Å². The molecular formula is C27H35N3. The maximum Gasteiger partial charge on any atom is 0.0702 e. The fourth-order valence-electron chi connectivity index (χ4n) is 4.14. The van der Waals surface area contributed by atoms with Crippen LogP contribution in [0.5, 0.6) is 0 Å². The van der Waals surface area contributed by atoms with Gasteiger partial charge >= 0.3 is 0 Å². The van der Waals surface area contributed by atoms with Gasteiger partial charge in [-0.2, -0.15) is 0 Å². The van der Waals surface area contributed by atoms with Crippen molar-refractivity contribution in [2.75, 3.05) is 0 Å². The first kappa shape index (κ1) is 22.0. The van der Waals surface area contributed by atoms with Gasteiger partial charge in [-0.3, -0.25) is 4.98 Å². The number of nitrogens with two attached hydrogens (primary N) is 1. The van der Waals surface area contributed by atoms with E-state index in [4.69, 9.17) is 5.73 Å². The molecule has 1 aromatic heterocycles. The van der Waals surface area contributed by atoms with Gasteiger partial charge in [0.05, 0.1) is 11.6 Å². The molecule has 0 aliphatic carbocycles. The quantitative estimate of drug-likeness (QED) is 0.427. The maximum atomic E-state index is 6.63. The molecule has 3 aromatic rings. The highest BCUT2D eigenvalue weighted by Crippen LogP contribution is 2.30. The standard InChI is InChI=1S/C27H35N3/c1-5-17-27(3,4)26(28)20(2)30-25(16-15-21-11-7-6-8-12-21)23-18-22-13-9-10-14-24(22)29-19-23/h6-14,18-19,25-26,30H,2,5,15-17,28H2,1,3-4H3. The second-order valence-electron chi connectivity index (χ2n) is 8.92. The van der Waals surface area contributed by atoms with E-state index in [0.29, 0.717) is 0 Å². The minimum atomic E-state index is -0.106. The average molecular weight is 402 g/mol. The van der Waals surface area contributed by atoms with E-state index >= 15 is 0 Å². The van der Waals surface area contributed by atoms with E-state index in [9.17, 15) is 0 Å². The molecule has 2 atom stereocenters. The lowest BCUT2D eigenvalue weighted by Crippen LogP contribution is -2.43. The SMILES string of the molecule is C=C(NC(CCc1ccccc1)c1cnc2ccccc2c1)C(N)C(C)(C)CCC. The number of fused-ring (bicyclic) bond motifs is 1. The number of rotatable bonds is 10. The molecule has 0 radical (unpaired) electrons. The molecule has 3 N–H and O–H groups in total. The Kier molecular flexibility index (Phi) is 7.28. The molecule has 158 valence electrons. The van der Waals surface area contributed by atoms with Gasteiger partial charge in [0.25, 0.3) is 0 Å². The third-order valence-electron chi connectivity index (χ3n) is 6.05. The summed E-state index contributed by atoms with van der Waals surface area (Å²) in [5.41, 5.74) is 11.1. The van der Waals surface area contributed by atoms with Crippen LogP contribution in [0.2, 0.25) is 0 Å². The number of nitrogens with zero attached hydrogens (tertiary/aromatic N) is 1. The number of aromatic nitrogens is 1. The Hall–Kier alpha value is -2.65. The van der Waals surface area contributed by atoms with Crippen molar-refractivity contribution in [3.63, 3.8) is 0 Å². The number of pyridine rings is 1. The lowest BCUT2D eigenvalue weighted by atomic mass is 9.79.